The monoisotopic (exact) mass is 311 g/mol. The molecule has 1 aromatic rings. The molecule has 0 fully saturated rings. The molecule has 21 heavy (non-hydrogen) atoms. The molecule has 5 heteroatoms. The van der Waals surface area contributed by atoms with E-state index < -0.39 is 0 Å². The summed E-state index contributed by atoms with van der Waals surface area (Å²) in [4.78, 5) is 13.0. The first kappa shape index (κ1) is 18.0. The first-order valence-electron chi connectivity index (χ1n) is 7.07. The Morgan fingerprint density at radius 1 is 1.14 bits per heavy atom. The van der Waals surface area contributed by atoms with Gasteiger partial charge in [0.2, 0.25) is 5.91 Å². The van der Waals surface area contributed by atoms with Gasteiger partial charge < -0.3 is 14.8 Å². The van der Waals surface area contributed by atoms with Crippen molar-refractivity contribution in [1.82, 2.24) is 5.32 Å². The second-order valence-electron chi connectivity index (χ2n) is 5.27. The van der Waals surface area contributed by atoms with Crippen molar-refractivity contribution in [2.24, 2.45) is 5.92 Å². The van der Waals surface area contributed by atoms with Crippen LogP contribution in [-0.2, 0) is 14.3 Å². The van der Waals surface area contributed by atoms with Crippen molar-refractivity contribution in [3.63, 3.8) is 0 Å². The van der Waals surface area contributed by atoms with Crippen molar-refractivity contribution in [2.75, 3.05) is 20.8 Å². The van der Waals surface area contributed by atoms with E-state index in [1.54, 1.807) is 26.0 Å². The molecule has 118 valence electrons. The molecule has 0 radical (unpaired) electrons. The Balaban J connectivity index is 2.56. The highest BCUT2D eigenvalue weighted by molar-refractivity contribution is 8.00. The Hall–Kier alpha value is -1.04. The molecule has 1 unspecified atom stereocenters. The highest BCUT2D eigenvalue weighted by atomic mass is 32.2. The third-order valence-corrected chi connectivity index (χ3v) is 4.06. The van der Waals surface area contributed by atoms with E-state index in [-0.39, 0.29) is 17.4 Å². The largest absolute Gasteiger partial charge is 0.355 e. The molecule has 4 nitrogen and oxygen atoms in total. The number of ether oxygens (including phenoxy) is 2. The fourth-order valence-electron chi connectivity index (χ4n) is 1.78. The van der Waals surface area contributed by atoms with Gasteiger partial charge in [-0.3, -0.25) is 4.79 Å². The van der Waals surface area contributed by atoms with Gasteiger partial charge in [-0.2, -0.15) is 0 Å². The van der Waals surface area contributed by atoms with Gasteiger partial charge in [0.1, 0.15) is 0 Å². The number of amides is 1. The highest BCUT2D eigenvalue weighted by Gasteiger charge is 2.15. The molecule has 1 amide bonds. The van der Waals surface area contributed by atoms with E-state index >= 15 is 0 Å². The number of carbonyl (C=O) groups excluding carboxylic acids is 1. The Morgan fingerprint density at radius 2 is 1.71 bits per heavy atom. The lowest BCUT2D eigenvalue weighted by Gasteiger charge is -2.15. The third kappa shape index (κ3) is 6.08. The van der Waals surface area contributed by atoms with Gasteiger partial charge in [-0.05, 0) is 25.0 Å². The zero-order valence-corrected chi connectivity index (χ0v) is 14.2. The minimum Gasteiger partial charge on any atom is -0.355 e. The lowest BCUT2D eigenvalue weighted by molar-refractivity contribution is -0.120. The van der Waals surface area contributed by atoms with Crippen molar-refractivity contribution in [3.05, 3.63) is 29.8 Å². The van der Waals surface area contributed by atoms with Gasteiger partial charge in [0.05, 0.1) is 5.25 Å². The van der Waals surface area contributed by atoms with Crippen LogP contribution in [0.25, 0.3) is 0 Å². The fraction of sp³-hybridized carbons (Fsp3) is 0.562. The maximum Gasteiger partial charge on any atom is 0.233 e. The Kier molecular flexibility index (Phi) is 7.78. The molecule has 1 aromatic carbocycles. The van der Waals surface area contributed by atoms with E-state index in [4.69, 9.17) is 9.47 Å². The summed E-state index contributed by atoms with van der Waals surface area (Å²) in [5.74, 6) is 0.537. The predicted molar refractivity (Wildman–Crippen MR) is 86.4 cm³/mol. The number of hydrogen-bond donors (Lipinski definition) is 1. The number of thioether (sulfide) groups is 1. The van der Waals surface area contributed by atoms with Crippen LogP contribution >= 0.6 is 11.8 Å². The van der Waals surface area contributed by atoms with E-state index in [2.05, 4.69) is 19.2 Å². The zero-order chi connectivity index (χ0) is 15.8. The van der Waals surface area contributed by atoms with Gasteiger partial charge in [0.15, 0.2) is 6.29 Å². The molecule has 1 N–H and O–H groups in total. The van der Waals surface area contributed by atoms with Crippen LogP contribution in [0, 0.1) is 5.92 Å². The van der Waals surface area contributed by atoms with Crippen LogP contribution in [-0.4, -0.2) is 31.9 Å². The number of carbonyl (C=O) groups is 1. The second kappa shape index (κ2) is 9.07. The minimum absolute atomic E-state index is 0.0736. The molecule has 0 aliphatic carbocycles. The molecule has 0 aliphatic heterocycles. The Morgan fingerprint density at radius 3 is 2.19 bits per heavy atom. The standard InChI is InChI=1S/C16H25NO3S/c1-11(2)10-17-15(18)12(3)21-14-8-6-13(7-9-14)16(19-4)20-5/h6-9,11-12,16H,10H2,1-5H3,(H,17,18). The summed E-state index contributed by atoms with van der Waals surface area (Å²) >= 11 is 1.55. The average molecular weight is 311 g/mol. The molecule has 0 spiro atoms. The van der Waals surface area contributed by atoms with Gasteiger partial charge in [-0.25, -0.2) is 0 Å². The maximum absolute atomic E-state index is 11.9. The fourth-order valence-corrected chi connectivity index (χ4v) is 2.67. The van der Waals surface area contributed by atoms with Crippen LogP contribution in [0.5, 0.6) is 0 Å². The van der Waals surface area contributed by atoms with Gasteiger partial charge in [-0.1, -0.05) is 26.0 Å². The molecule has 0 bridgehead atoms. The van der Waals surface area contributed by atoms with Gasteiger partial charge in [-0.15, -0.1) is 11.8 Å². The van der Waals surface area contributed by atoms with Crippen LogP contribution in [0.1, 0.15) is 32.6 Å². The summed E-state index contributed by atoms with van der Waals surface area (Å²) in [6.07, 6.45) is -0.351. The van der Waals surface area contributed by atoms with Crippen molar-refractivity contribution in [2.45, 2.75) is 37.2 Å². The third-order valence-electron chi connectivity index (χ3n) is 2.95. The molecule has 1 rings (SSSR count). The molecule has 1 atom stereocenters. The van der Waals surface area contributed by atoms with E-state index in [0.717, 1.165) is 10.5 Å². The molecular weight excluding hydrogens is 286 g/mol. The van der Waals surface area contributed by atoms with Crippen LogP contribution in [0.15, 0.2) is 29.2 Å². The summed E-state index contributed by atoms with van der Waals surface area (Å²) < 4.78 is 10.4. The Labute approximate surface area is 131 Å². The van der Waals surface area contributed by atoms with Crippen molar-refractivity contribution in [3.8, 4) is 0 Å². The summed E-state index contributed by atoms with van der Waals surface area (Å²) in [5, 5.41) is 2.83. The lowest BCUT2D eigenvalue weighted by atomic mass is 10.2. The smallest absolute Gasteiger partial charge is 0.233 e. The van der Waals surface area contributed by atoms with E-state index in [0.29, 0.717) is 12.5 Å². The zero-order valence-electron chi connectivity index (χ0n) is 13.4. The lowest BCUT2D eigenvalue weighted by Crippen LogP contribution is -2.33. The number of hydrogen-bond acceptors (Lipinski definition) is 4. The molecular formula is C16H25NO3S. The predicted octanol–water partition coefficient (Wildman–Crippen LogP) is 3.23. The highest BCUT2D eigenvalue weighted by Crippen LogP contribution is 2.26. The van der Waals surface area contributed by atoms with Gasteiger partial charge in [0, 0.05) is 31.2 Å². The van der Waals surface area contributed by atoms with Crippen molar-refractivity contribution in [1.29, 1.82) is 0 Å². The van der Waals surface area contributed by atoms with Crippen molar-refractivity contribution >= 4 is 17.7 Å². The van der Waals surface area contributed by atoms with Gasteiger partial charge in [0.25, 0.3) is 0 Å². The minimum atomic E-state index is -0.351. The summed E-state index contributed by atoms with van der Waals surface area (Å²) in [6, 6.07) is 7.88. The van der Waals surface area contributed by atoms with Crippen molar-refractivity contribution < 1.29 is 14.3 Å². The van der Waals surface area contributed by atoms with E-state index in [1.165, 1.54) is 0 Å². The Bertz CT molecular complexity index is 430. The topological polar surface area (TPSA) is 47.6 Å². The average Bonchev–Trinajstić information content (AvgIpc) is 2.47. The SMILES string of the molecule is COC(OC)c1ccc(SC(C)C(=O)NCC(C)C)cc1. The molecule has 0 aromatic heterocycles. The van der Waals surface area contributed by atoms with E-state index in [9.17, 15) is 4.79 Å². The summed E-state index contributed by atoms with van der Waals surface area (Å²) in [5.41, 5.74) is 0.960. The van der Waals surface area contributed by atoms with Gasteiger partial charge >= 0.3 is 0 Å². The van der Waals surface area contributed by atoms with Crippen LogP contribution in [0.4, 0.5) is 0 Å². The van der Waals surface area contributed by atoms with Crippen LogP contribution in [0.3, 0.4) is 0 Å². The van der Waals surface area contributed by atoms with E-state index in [1.807, 2.05) is 31.2 Å². The van der Waals surface area contributed by atoms with Crippen LogP contribution in [0.2, 0.25) is 0 Å². The van der Waals surface area contributed by atoms with Crippen LogP contribution < -0.4 is 5.32 Å². The quantitative estimate of drug-likeness (QED) is 0.591. The maximum atomic E-state index is 11.9. The molecule has 0 heterocycles. The number of nitrogens with one attached hydrogen (secondary N) is 1. The number of methoxy groups -OCH3 is 2. The normalized spacial score (nSPS) is 12.7. The number of benzene rings is 1. The molecule has 0 saturated heterocycles. The summed E-state index contributed by atoms with van der Waals surface area (Å²) in [7, 11) is 3.22. The molecule has 0 saturated carbocycles. The second-order valence-corrected chi connectivity index (χ2v) is 6.69. The summed E-state index contributed by atoms with van der Waals surface area (Å²) in [6.45, 7) is 6.80. The first-order valence-corrected chi connectivity index (χ1v) is 7.95. The molecule has 0 aliphatic rings. The number of rotatable bonds is 8. The first-order chi connectivity index (χ1) is 9.97.